The van der Waals surface area contributed by atoms with Crippen LogP contribution in [0.3, 0.4) is 0 Å². The van der Waals surface area contributed by atoms with Gasteiger partial charge in [-0.25, -0.2) is 4.98 Å². The number of nitrogens with zero attached hydrogens (tertiary/aromatic N) is 2. The molecule has 2 atom stereocenters. The molecule has 0 spiro atoms. The molecule has 6 nitrogen and oxygen atoms in total. The number of nitrogens with one attached hydrogen (secondary N) is 1. The van der Waals surface area contributed by atoms with E-state index in [0.717, 1.165) is 5.13 Å². The fourth-order valence-electron chi connectivity index (χ4n) is 2.76. The maximum atomic E-state index is 12.6. The van der Waals surface area contributed by atoms with Crippen LogP contribution in [0.1, 0.15) is 42.8 Å². The second kappa shape index (κ2) is 5.81. The lowest BCUT2D eigenvalue weighted by Gasteiger charge is -2.35. The van der Waals surface area contributed by atoms with E-state index < -0.39 is 0 Å². The number of ether oxygens (including phenoxy) is 1. The summed E-state index contributed by atoms with van der Waals surface area (Å²) in [4.78, 5) is 19.3. The molecule has 1 amide bonds. The number of anilines is 2. The van der Waals surface area contributed by atoms with Gasteiger partial charge < -0.3 is 20.7 Å². The monoisotopic (exact) mass is 310 g/mol. The number of aromatic nitrogens is 1. The Morgan fingerprint density at radius 3 is 2.62 bits per heavy atom. The molecule has 116 valence electrons. The van der Waals surface area contributed by atoms with Gasteiger partial charge in [-0.1, -0.05) is 11.3 Å². The molecule has 1 saturated heterocycles. The molecule has 0 aromatic carbocycles. The summed E-state index contributed by atoms with van der Waals surface area (Å²) in [7, 11) is 0. The minimum absolute atomic E-state index is 0.0336. The van der Waals surface area contributed by atoms with Gasteiger partial charge in [0, 0.05) is 19.1 Å². The zero-order valence-electron chi connectivity index (χ0n) is 12.5. The van der Waals surface area contributed by atoms with Gasteiger partial charge >= 0.3 is 0 Å². The predicted molar refractivity (Wildman–Crippen MR) is 83.7 cm³/mol. The van der Waals surface area contributed by atoms with Gasteiger partial charge in [-0.05, 0) is 33.1 Å². The Labute approximate surface area is 128 Å². The van der Waals surface area contributed by atoms with Gasteiger partial charge in [0.1, 0.15) is 10.7 Å². The average molecular weight is 310 g/mol. The van der Waals surface area contributed by atoms with E-state index in [2.05, 4.69) is 10.3 Å². The van der Waals surface area contributed by atoms with E-state index in [4.69, 9.17) is 10.5 Å². The van der Waals surface area contributed by atoms with Crippen LogP contribution in [0, 0.1) is 0 Å². The standard InChI is InChI=1S/C14H22N4O2S/c1-8-6-18(7-9(2)20-8)13(19)11-12(15)17-14(21-11)16-10-4-3-5-10/h8-10H,3-7,15H2,1-2H3,(H,16,17)/t8-,9+. The van der Waals surface area contributed by atoms with Gasteiger partial charge in [0.05, 0.1) is 12.2 Å². The summed E-state index contributed by atoms with van der Waals surface area (Å²) in [5.74, 6) is 0.298. The molecule has 21 heavy (non-hydrogen) atoms. The lowest BCUT2D eigenvalue weighted by Crippen LogP contribution is -2.48. The molecule has 0 unspecified atom stereocenters. The summed E-state index contributed by atoms with van der Waals surface area (Å²) < 4.78 is 5.66. The van der Waals surface area contributed by atoms with Crippen molar-refractivity contribution >= 4 is 28.2 Å². The molecule has 2 aliphatic rings. The minimum Gasteiger partial charge on any atom is -0.382 e. The van der Waals surface area contributed by atoms with Gasteiger partial charge in [-0.15, -0.1) is 0 Å². The predicted octanol–water partition coefficient (Wildman–Crippen LogP) is 1.94. The number of morpholine rings is 1. The van der Waals surface area contributed by atoms with Crippen LogP contribution in [0.5, 0.6) is 0 Å². The van der Waals surface area contributed by atoms with Gasteiger partial charge in [0.2, 0.25) is 0 Å². The SMILES string of the molecule is C[C@@H]1CN(C(=O)c2sc(NC3CCC3)nc2N)C[C@H](C)O1. The molecule has 2 fully saturated rings. The van der Waals surface area contributed by atoms with E-state index in [1.807, 2.05) is 18.7 Å². The van der Waals surface area contributed by atoms with Gasteiger partial charge in [-0.3, -0.25) is 4.79 Å². The van der Waals surface area contributed by atoms with E-state index in [0.29, 0.717) is 29.8 Å². The number of carbonyl (C=O) groups is 1. The second-order valence-electron chi connectivity index (χ2n) is 5.97. The Kier molecular flexibility index (Phi) is 4.03. The molecule has 1 saturated carbocycles. The van der Waals surface area contributed by atoms with Crippen LogP contribution >= 0.6 is 11.3 Å². The summed E-state index contributed by atoms with van der Waals surface area (Å²) >= 11 is 1.36. The number of carbonyl (C=O) groups excluding carboxylic acids is 1. The van der Waals surface area contributed by atoms with Crippen molar-refractivity contribution in [3.8, 4) is 0 Å². The summed E-state index contributed by atoms with van der Waals surface area (Å²) in [6.45, 7) is 5.17. The third-order valence-corrected chi connectivity index (χ3v) is 4.98. The van der Waals surface area contributed by atoms with Crippen molar-refractivity contribution in [3.63, 3.8) is 0 Å². The van der Waals surface area contributed by atoms with Crippen LogP contribution in [0.4, 0.5) is 10.9 Å². The summed E-state index contributed by atoms with van der Waals surface area (Å²) in [6, 6.07) is 0.488. The van der Waals surface area contributed by atoms with E-state index in [-0.39, 0.29) is 18.1 Å². The molecule has 1 aromatic heterocycles. The fourth-order valence-corrected chi connectivity index (χ4v) is 3.69. The highest BCUT2D eigenvalue weighted by Crippen LogP contribution is 2.30. The third kappa shape index (κ3) is 3.13. The minimum atomic E-state index is -0.0336. The zero-order valence-corrected chi connectivity index (χ0v) is 13.3. The molecular weight excluding hydrogens is 288 g/mol. The van der Waals surface area contributed by atoms with Crippen LogP contribution in [-0.4, -0.2) is 47.1 Å². The molecule has 0 radical (unpaired) electrons. The van der Waals surface area contributed by atoms with E-state index in [9.17, 15) is 4.79 Å². The van der Waals surface area contributed by atoms with Gasteiger partial charge in [0.25, 0.3) is 5.91 Å². The Morgan fingerprint density at radius 2 is 2.05 bits per heavy atom. The molecule has 1 aromatic rings. The first-order chi connectivity index (χ1) is 10.0. The lowest BCUT2D eigenvalue weighted by molar-refractivity contribution is -0.0584. The molecule has 1 aliphatic heterocycles. The van der Waals surface area contributed by atoms with E-state index in [1.54, 1.807) is 0 Å². The van der Waals surface area contributed by atoms with Crippen molar-refractivity contribution in [3.05, 3.63) is 4.88 Å². The second-order valence-corrected chi connectivity index (χ2v) is 6.97. The number of nitrogens with two attached hydrogens (primary N) is 1. The number of hydrogen-bond acceptors (Lipinski definition) is 6. The Bertz CT molecular complexity index is 519. The number of amides is 1. The maximum Gasteiger partial charge on any atom is 0.268 e. The van der Waals surface area contributed by atoms with Crippen LogP contribution in [0.15, 0.2) is 0 Å². The number of thiazole rings is 1. The fraction of sp³-hybridized carbons (Fsp3) is 0.714. The lowest BCUT2D eigenvalue weighted by atomic mass is 9.93. The van der Waals surface area contributed by atoms with Crippen molar-refractivity contribution < 1.29 is 9.53 Å². The summed E-state index contributed by atoms with van der Waals surface area (Å²) in [5.41, 5.74) is 5.93. The molecular formula is C14H22N4O2S. The highest BCUT2D eigenvalue weighted by atomic mass is 32.1. The number of hydrogen-bond donors (Lipinski definition) is 2. The molecule has 1 aliphatic carbocycles. The number of rotatable bonds is 3. The van der Waals surface area contributed by atoms with E-state index >= 15 is 0 Å². The first kappa shape index (κ1) is 14.6. The van der Waals surface area contributed by atoms with Crippen LogP contribution < -0.4 is 11.1 Å². The first-order valence-electron chi connectivity index (χ1n) is 7.50. The van der Waals surface area contributed by atoms with Crippen molar-refractivity contribution in [2.75, 3.05) is 24.1 Å². The Morgan fingerprint density at radius 1 is 1.38 bits per heavy atom. The topological polar surface area (TPSA) is 80.5 Å². The van der Waals surface area contributed by atoms with Crippen molar-refractivity contribution in [1.29, 1.82) is 0 Å². The maximum absolute atomic E-state index is 12.6. The normalized spacial score (nSPS) is 26.5. The smallest absolute Gasteiger partial charge is 0.268 e. The quantitative estimate of drug-likeness (QED) is 0.892. The van der Waals surface area contributed by atoms with Crippen molar-refractivity contribution in [1.82, 2.24) is 9.88 Å². The zero-order chi connectivity index (χ0) is 15.0. The summed E-state index contributed by atoms with van der Waals surface area (Å²) in [5, 5.41) is 4.11. The van der Waals surface area contributed by atoms with E-state index in [1.165, 1.54) is 30.6 Å². The molecule has 0 bridgehead atoms. The molecule has 7 heteroatoms. The first-order valence-corrected chi connectivity index (χ1v) is 8.32. The van der Waals surface area contributed by atoms with Crippen LogP contribution in [0.25, 0.3) is 0 Å². The molecule has 3 N–H and O–H groups in total. The largest absolute Gasteiger partial charge is 0.382 e. The Balaban J connectivity index is 1.71. The van der Waals surface area contributed by atoms with Gasteiger partial charge in [0.15, 0.2) is 5.13 Å². The van der Waals surface area contributed by atoms with Crippen molar-refractivity contribution in [2.45, 2.75) is 51.4 Å². The van der Waals surface area contributed by atoms with Crippen LogP contribution in [0.2, 0.25) is 0 Å². The Hall–Kier alpha value is -1.34. The molecule has 2 heterocycles. The van der Waals surface area contributed by atoms with Gasteiger partial charge in [-0.2, -0.15) is 0 Å². The summed E-state index contributed by atoms with van der Waals surface area (Å²) in [6.07, 6.45) is 3.70. The highest BCUT2D eigenvalue weighted by molar-refractivity contribution is 7.18. The van der Waals surface area contributed by atoms with Crippen molar-refractivity contribution in [2.24, 2.45) is 0 Å². The molecule has 3 rings (SSSR count). The van der Waals surface area contributed by atoms with Crippen LogP contribution in [-0.2, 0) is 4.74 Å². The number of nitrogen functional groups attached to an aromatic ring is 1. The average Bonchev–Trinajstić information content (AvgIpc) is 2.73. The highest BCUT2D eigenvalue weighted by Gasteiger charge is 2.29. The third-order valence-electron chi connectivity index (χ3n) is 3.99.